The van der Waals surface area contributed by atoms with Crippen LogP contribution in [-0.2, 0) is 9.59 Å². The molecule has 1 amide bonds. The van der Waals surface area contributed by atoms with E-state index >= 15 is 0 Å². The van der Waals surface area contributed by atoms with Gasteiger partial charge in [-0.1, -0.05) is 13.8 Å². The number of piperidine rings is 1. The number of aliphatic hydroxyl groups excluding tert-OH is 3. The molecule has 0 aromatic heterocycles. The largest absolute Gasteiger partial charge is 0.395 e. The first kappa shape index (κ1) is 17.0. The molecule has 1 saturated heterocycles. The molecule has 1 fully saturated rings. The lowest BCUT2D eigenvalue weighted by Gasteiger charge is -2.46. The van der Waals surface area contributed by atoms with Crippen LogP contribution in [0, 0.1) is 0 Å². The summed E-state index contributed by atoms with van der Waals surface area (Å²) in [5.74, 6) is -0.692. The quantitative estimate of drug-likeness (QED) is 0.398. The van der Waals surface area contributed by atoms with Crippen molar-refractivity contribution < 1.29 is 24.9 Å². The Morgan fingerprint density at radius 1 is 1.35 bits per heavy atom. The lowest BCUT2D eigenvalue weighted by molar-refractivity contribution is -0.148. The first-order valence-corrected chi connectivity index (χ1v) is 6.97. The van der Waals surface area contributed by atoms with E-state index in [-0.39, 0.29) is 37.7 Å². The fourth-order valence-electron chi connectivity index (χ4n) is 2.44. The summed E-state index contributed by atoms with van der Waals surface area (Å²) in [7, 11) is 0. The number of carbonyl (C=O) groups excluding carboxylic acids is 2. The summed E-state index contributed by atoms with van der Waals surface area (Å²) in [6.07, 6.45) is -1.83. The molecule has 1 aliphatic heterocycles. The summed E-state index contributed by atoms with van der Waals surface area (Å²) in [5, 5.41) is 34.8. The summed E-state index contributed by atoms with van der Waals surface area (Å²) in [6, 6.07) is -0.717. The van der Waals surface area contributed by atoms with Crippen LogP contribution >= 0.6 is 0 Å². The number of nitrogens with one attached hydrogen (secondary N) is 2. The van der Waals surface area contributed by atoms with E-state index in [4.69, 9.17) is 5.11 Å². The number of hydrogen-bond donors (Lipinski definition) is 5. The summed E-state index contributed by atoms with van der Waals surface area (Å²) < 4.78 is 0. The van der Waals surface area contributed by atoms with Crippen molar-refractivity contribution in [2.45, 2.75) is 56.9 Å². The minimum atomic E-state index is -1.53. The molecular formula is C13H24N2O5. The van der Waals surface area contributed by atoms with Gasteiger partial charge in [-0.15, -0.1) is 0 Å². The van der Waals surface area contributed by atoms with Gasteiger partial charge in [0, 0.05) is 19.4 Å². The first-order chi connectivity index (χ1) is 9.42. The van der Waals surface area contributed by atoms with Crippen molar-refractivity contribution in [1.29, 1.82) is 0 Å². The topological polar surface area (TPSA) is 119 Å². The molecule has 4 atom stereocenters. The van der Waals surface area contributed by atoms with Crippen LogP contribution in [0.4, 0.5) is 0 Å². The van der Waals surface area contributed by atoms with Gasteiger partial charge in [0.15, 0.2) is 5.78 Å². The fraction of sp³-hybridized carbons (Fsp3) is 0.846. The molecule has 0 unspecified atom stereocenters. The normalized spacial score (nSPS) is 33.8. The Labute approximate surface area is 118 Å². The van der Waals surface area contributed by atoms with Crippen molar-refractivity contribution in [2.75, 3.05) is 13.2 Å². The second-order valence-corrected chi connectivity index (χ2v) is 5.15. The van der Waals surface area contributed by atoms with E-state index in [1.165, 1.54) is 0 Å². The third-order valence-corrected chi connectivity index (χ3v) is 3.74. The average molecular weight is 288 g/mol. The van der Waals surface area contributed by atoms with Crippen molar-refractivity contribution >= 4 is 11.7 Å². The number of aliphatic hydroxyl groups is 3. The highest BCUT2D eigenvalue weighted by Crippen LogP contribution is 2.24. The number of carbonyl (C=O) groups is 2. The fourth-order valence-corrected chi connectivity index (χ4v) is 2.44. The molecular weight excluding hydrogens is 264 g/mol. The molecule has 5 N–H and O–H groups in total. The van der Waals surface area contributed by atoms with E-state index in [0.29, 0.717) is 6.42 Å². The van der Waals surface area contributed by atoms with E-state index < -0.39 is 23.8 Å². The molecule has 20 heavy (non-hydrogen) atoms. The molecule has 0 aliphatic carbocycles. The Bertz CT molecular complexity index is 363. The van der Waals surface area contributed by atoms with E-state index in [0.717, 1.165) is 0 Å². The molecule has 0 saturated carbocycles. The summed E-state index contributed by atoms with van der Waals surface area (Å²) in [5.41, 5.74) is -1.53. The van der Waals surface area contributed by atoms with Crippen molar-refractivity contribution in [2.24, 2.45) is 0 Å². The Kier molecular flexibility index (Phi) is 6.07. The highest BCUT2D eigenvalue weighted by Gasteiger charge is 2.53. The minimum Gasteiger partial charge on any atom is -0.395 e. The Morgan fingerprint density at radius 2 is 2.00 bits per heavy atom. The third kappa shape index (κ3) is 3.17. The van der Waals surface area contributed by atoms with Gasteiger partial charge in [0.1, 0.15) is 17.7 Å². The predicted molar refractivity (Wildman–Crippen MR) is 72.0 cm³/mol. The van der Waals surface area contributed by atoms with Crippen LogP contribution in [-0.4, -0.2) is 64.0 Å². The van der Waals surface area contributed by atoms with E-state index in [9.17, 15) is 19.8 Å². The van der Waals surface area contributed by atoms with Gasteiger partial charge in [0.05, 0.1) is 12.6 Å². The molecule has 0 aromatic rings. The molecule has 1 heterocycles. The van der Waals surface area contributed by atoms with Gasteiger partial charge >= 0.3 is 0 Å². The smallest absolute Gasteiger partial charge is 0.220 e. The van der Waals surface area contributed by atoms with Gasteiger partial charge in [-0.05, 0) is 6.42 Å². The van der Waals surface area contributed by atoms with Crippen molar-refractivity contribution in [1.82, 2.24) is 10.6 Å². The van der Waals surface area contributed by atoms with Crippen LogP contribution in [0.1, 0.15) is 33.1 Å². The van der Waals surface area contributed by atoms with Gasteiger partial charge in [-0.3, -0.25) is 9.59 Å². The number of hydrogen-bond acceptors (Lipinski definition) is 6. The highest BCUT2D eigenvalue weighted by molar-refractivity contribution is 5.94. The predicted octanol–water partition coefficient (Wildman–Crippen LogP) is -1.69. The van der Waals surface area contributed by atoms with Crippen molar-refractivity contribution in [3.8, 4) is 0 Å². The number of Topliss-reactive ketones (excluding diaryl/α,β-unsaturated/α-hetero) is 1. The van der Waals surface area contributed by atoms with Crippen LogP contribution in [0.2, 0.25) is 0 Å². The first-order valence-electron chi connectivity index (χ1n) is 6.97. The lowest BCUT2D eigenvalue weighted by atomic mass is 9.77. The minimum absolute atomic E-state index is 0.0129. The monoisotopic (exact) mass is 288 g/mol. The Hall–Kier alpha value is -1.02. The maximum atomic E-state index is 12.3. The number of rotatable bonds is 6. The molecule has 7 nitrogen and oxygen atoms in total. The Morgan fingerprint density at radius 3 is 2.50 bits per heavy atom. The molecule has 0 aromatic carbocycles. The standard InChI is InChI=1S/C13H24N2O5/c1-3-5-9(17)13(15-10(18)4-2)7-14-8(6-16)11(19)12(13)20/h8,11-12,14,16,19-20H,3-7H2,1-2H3,(H,15,18)/t8-,11-,12+,13-/m1/s1. The molecule has 0 radical (unpaired) electrons. The van der Waals surface area contributed by atoms with Crippen molar-refractivity contribution in [3.63, 3.8) is 0 Å². The van der Waals surface area contributed by atoms with Gasteiger partial charge in [0.25, 0.3) is 0 Å². The van der Waals surface area contributed by atoms with Crippen LogP contribution in [0.3, 0.4) is 0 Å². The maximum Gasteiger partial charge on any atom is 0.220 e. The molecule has 0 spiro atoms. The summed E-state index contributed by atoms with van der Waals surface area (Å²) in [6.45, 7) is 3.09. The van der Waals surface area contributed by atoms with Crippen molar-refractivity contribution in [3.05, 3.63) is 0 Å². The average Bonchev–Trinajstić information content (AvgIpc) is 2.44. The molecule has 1 aliphatic rings. The Balaban J connectivity index is 3.04. The van der Waals surface area contributed by atoms with Gasteiger partial charge in [-0.2, -0.15) is 0 Å². The number of ketones is 1. The zero-order valence-electron chi connectivity index (χ0n) is 11.9. The zero-order chi connectivity index (χ0) is 15.3. The summed E-state index contributed by atoms with van der Waals surface area (Å²) in [4.78, 5) is 24.0. The molecule has 116 valence electrons. The lowest BCUT2D eigenvalue weighted by Crippen LogP contribution is -2.76. The second kappa shape index (κ2) is 7.12. The third-order valence-electron chi connectivity index (χ3n) is 3.74. The SMILES string of the molecule is CCCC(=O)[C@]1(NC(=O)CC)CN[C@H](CO)[C@@H](O)[C@@H]1O. The van der Waals surface area contributed by atoms with E-state index in [1.807, 2.05) is 6.92 Å². The van der Waals surface area contributed by atoms with Crippen LogP contribution in [0.15, 0.2) is 0 Å². The zero-order valence-corrected chi connectivity index (χ0v) is 11.9. The van der Waals surface area contributed by atoms with Gasteiger partial charge < -0.3 is 26.0 Å². The summed E-state index contributed by atoms with van der Waals surface area (Å²) >= 11 is 0. The number of amides is 1. The van der Waals surface area contributed by atoms with Gasteiger partial charge in [0.2, 0.25) is 5.91 Å². The van der Waals surface area contributed by atoms with E-state index in [2.05, 4.69) is 10.6 Å². The highest BCUT2D eigenvalue weighted by atomic mass is 16.3. The second-order valence-electron chi connectivity index (χ2n) is 5.15. The molecule has 0 bridgehead atoms. The molecule has 7 heteroatoms. The molecule has 1 rings (SSSR count). The van der Waals surface area contributed by atoms with E-state index in [1.54, 1.807) is 6.92 Å². The van der Waals surface area contributed by atoms with Crippen LogP contribution < -0.4 is 10.6 Å². The van der Waals surface area contributed by atoms with Crippen LogP contribution in [0.25, 0.3) is 0 Å². The maximum absolute atomic E-state index is 12.3. The van der Waals surface area contributed by atoms with Gasteiger partial charge in [-0.25, -0.2) is 0 Å². The van der Waals surface area contributed by atoms with Crippen LogP contribution in [0.5, 0.6) is 0 Å².